The van der Waals surface area contributed by atoms with Crippen molar-refractivity contribution in [1.29, 1.82) is 0 Å². The smallest absolute Gasteiger partial charge is 0.253 e. The van der Waals surface area contributed by atoms with Crippen molar-refractivity contribution < 1.29 is 14.6 Å². The summed E-state index contributed by atoms with van der Waals surface area (Å²) in [6.07, 6.45) is 6.38. The van der Waals surface area contributed by atoms with Crippen LogP contribution in [0.2, 0.25) is 0 Å². The Hall–Kier alpha value is -4.50. The summed E-state index contributed by atoms with van der Waals surface area (Å²) in [5.41, 5.74) is 3.76. The Bertz CT molecular complexity index is 1740. The molecule has 3 aromatic heterocycles. The average Bonchev–Trinajstić information content (AvgIpc) is 3.59. The van der Waals surface area contributed by atoms with Crippen LogP contribution in [0.5, 0.6) is 5.75 Å². The van der Waals surface area contributed by atoms with Gasteiger partial charge in [0, 0.05) is 58.8 Å². The lowest BCUT2D eigenvalue weighted by Gasteiger charge is -2.18. The second kappa shape index (κ2) is 10.5. The molecule has 4 heterocycles. The van der Waals surface area contributed by atoms with Gasteiger partial charge in [-0.3, -0.25) is 14.5 Å². The number of carbonyl (C=O) groups excluding carboxylic acids is 1. The first-order valence-electron chi connectivity index (χ1n) is 13.8. The van der Waals surface area contributed by atoms with Gasteiger partial charge >= 0.3 is 0 Å². The van der Waals surface area contributed by atoms with E-state index in [1.165, 1.54) is 0 Å². The number of methoxy groups -OCH3 is 1. The molecule has 1 aliphatic heterocycles. The Morgan fingerprint density at radius 2 is 1.90 bits per heavy atom. The Kier molecular flexibility index (Phi) is 6.83. The van der Waals surface area contributed by atoms with E-state index in [1.807, 2.05) is 58.5 Å². The van der Waals surface area contributed by atoms with Crippen LogP contribution < -0.4 is 10.1 Å². The van der Waals surface area contributed by atoms with E-state index in [0.29, 0.717) is 25.2 Å². The molecule has 0 aliphatic carbocycles. The molecule has 0 saturated carbocycles. The molecule has 1 amide bonds. The second-order valence-corrected chi connectivity index (χ2v) is 11.3. The first-order chi connectivity index (χ1) is 19.7. The Balaban J connectivity index is 1.24. The fourth-order valence-corrected chi connectivity index (χ4v) is 5.59. The van der Waals surface area contributed by atoms with E-state index in [4.69, 9.17) is 9.72 Å². The molecule has 1 aliphatic rings. The highest BCUT2D eigenvalue weighted by molar-refractivity contribution is 5.99. The number of anilines is 1. The number of fused-ring (bicyclic) bond motifs is 2. The number of nitrogens with one attached hydrogen (secondary N) is 1. The first-order valence-corrected chi connectivity index (χ1v) is 13.8. The van der Waals surface area contributed by atoms with Crippen LogP contribution >= 0.6 is 0 Å². The SMILES string of the molecule is COc1ccc(C(=O)N2CC[C@@H](Nc3cc4c(-c5ccc6c(cnn6CC(C)(C)O)c5C)nccc4cn3)C2)cc1. The van der Waals surface area contributed by atoms with Crippen LogP contribution in [0.3, 0.4) is 0 Å². The van der Waals surface area contributed by atoms with Gasteiger partial charge in [0.1, 0.15) is 11.6 Å². The van der Waals surface area contributed by atoms with Gasteiger partial charge in [-0.15, -0.1) is 0 Å². The first kappa shape index (κ1) is 26.7. The van der Waals surface area contributed by atoms with Crippen molar-refractivity contribution in [3.63, 3.8) is 0 Å². The minimum Gasteiger partial charge on any atom is -0.497 e. The van der Waals surface area contributed by atoms with Gasteiger partial charge in [-0.1, -0.05) is 6.07 Å². The molecular weight excluding hydrogens is 516 g/mol. The number of likely N-dealkylation sites (tertiary alicyclic amines) is 1. The second-order valence-electron chi connectivity index (χ2n) is 11.3. The predicted octanol–water partition coefficient (Wildman–Crippen LogP) is 5.06. The molecular formula is C32H34N6O3. The number of rotatable bonds is 7. The number of pyridine rings is 2. The van der Waals surface area contributed by atoms with Gasteiger partial charge in [-0.2, -0.15) is 5.10 Å². The molecule has 0 bridgehead atoms. The number of ether oxygens (including phenoxy) is 1. The molecule has 210 valence electrons. The largest absolute Gasteiger partial charge is 0.497 e. The van der Waals surface area contributed by atoms with E-state index in [0.717, 1.165) is 56.5 Å². The van der Waals surface area contributed by atoms with Gasteiger partial charge in [0.05, 0.1) is 36.7 Å². The van der Waals surface area contributed by atoms with Crippen molar-refractivity contribution in [2.75, 3.05) is 25.5 Å². The maximum absolute atomic E-state index is 13.0. The lowest BCUT2D eigenvalue weighted by atomic mass is 9.98. The molecule has 9 nitrogen and oxygen atoms in total. The minimum absolute atomic E-state index is 0.0200. The summed E-state index contributed by atoms with van der Waals surface area (Å²) in [7, 11) is 1.61. The third kappa shape index (κ3) is 5.32. The third-order valence-electron chi connectivity index (χ3n) is 7.70. The number of benzene rings is 2. The van der Waals surface area contributed by atoms with E-state index >= 15 is 0 Å². The molecule has 6 rings (SSSR count). The lowest BCUT2D eigenvalue weighted by molar-refractivity contribution is 0.0591. The fraction of sp³-hybridized carbons (Fsp3) is 0.312. The van der Waals surface area contributed by atoms with E-state index < -0.39 is 5.60 Å². The zero-order chi connectivity index (χ0) is 28.7. The van der Waals surface area contributed by atoms with Gasteiger partial charge in [0.15, 0.2) is 0 Å². The van der Waals surface area contributed by atoms with Crippen LogP contribution in [0, 0.1) is 6.92 Å². The van der Waals surface area contributed by atoms with Gasteiger partial charge in [0.2, 0.25) is 0 Å². The maximum atomic E-state index is 13.0. The molecule has 0 radical (unpaired) electrons. The highest BCUT2D eigenvalue weighted by atomic mass is 16.5. The number of aromatic nitrogens is 4. The van der Waals surface area contributed by atoms with E-state index in [-0.39, 0.29) is 11.9 Å². The van der Waals surface area contributed by atoms with Gasteiger partial charge < -0.3 is 20.1 Å². The topological polar surface area (TPSA) is 105 Å². The normalized spacial score (nSPS) is 15.5. The van der Waals surface area contributed by atoms with Crippen LogP contribution in [0.15, 0.2) is 67.1 Å². The highest BCUT2D eigenvalue weighted by Crippen LogP contribution is 2.34. The molecule has 2 aromatic carbocycles. The van der Waals surface area contributed by atoms with E-state index in [2.05, 4.69) is 28.4 Å². The Morgan fingerprint density at radius 3 is 2.66 bits per heavy atom. The number of aliphatic hydroxyl groups is 1. The molecule has 0 unspecified atom stereocenters. The van der Waals surface area contributed by atoms with E-state index in [9.17, 15) is 9.90 Å². The van der Waals surface area contributed by atoms with Gasteiger partial charge in [-0.25, -0.2) is 4.98 Å². The summed E-state index contributed by atoms with van der Waals surface area (Å²) in [6, 6.07) is 15.5. The Morgan fingerprint density at radius 1 is 1.10 bits per heavy atom. The number of carbonyl (C=O) groups is 1. The minimum atomic E-state index is -0.863. The molecule has 1 saturated heterocycles. The Labute approximate surface area is 238 Å². The summed E-state index contributed by atoms with van der Waals surface area (Å²) in [4.78, 5) is 24.4. The molecule has 41 heavy (non-hydrogen) atoms. The molecule has 2 N–H and O–H groups in total. The van der Waals surface area contributed by atoms with Crippen LogP contribution in [0.4, 0.5) is 5.82 Å². The van der Waals surface area contributed by atoms with Crippen LogP contribution in [-0.2, 0) is 6.54 Å². The van der Waals surface area contributed by atoms with Crippen LogP contribution in [-0.4, -0.2) is 67.5 Å². The van der Waals surface area contributed by atoms with Crippen molar-refractivity contribution in [2.45, 2.75) is 45.4 Å². The number of aryl methyl sites for hydroxylation is 1. The monoisotopic (exact) mass is 550 g/mol. The molecule has 9 heteroatoms. The lowest BCUT2D eigenvalue weighted by Crippen LogP contribution is -2.31. The summed E-state index contributed by atoms with van der Waals surface area (Å²) in [6.45, 7) is 7.35. The molecule has 1 fully saturated rings. The fourth-order valence-electron chi connectivity index (χ4n) is 5.59. The average molecular weight is 551 g/mol. The highest BCUT2D eigenvalue weighted by Gasteiger charge is 2.27. The van der Waals surface area contributed by atoms with E-state index in [1.54, 1.807) is 33.1 Å². The van der Waals surface area contributed by atoms with Crippen LogP contribution in [0.25, 0.3) is 32.9 Å². The number of nitrogens with zero attached hydrogens (tertiary/aromatic N) is 5. The maximum Gasteiger partial charge on any atom is 0.253 e. The number of hydrogen-bond acceptors (Lipinski definition) is 7. The summed E-state index contributed by atoms with van der Waals surface area (Å²) >= 11 is 0. The summed E-state index contributed by atoms with van der Waals surface area (Å²) in [5, 5.41) is 21.4. The summed E-state index contributed by atoms with van der Waals surface area (Å²) < 4.78 is 7.05. The number of amides is 1. The van der Waals surface area contributed by atoms with Crippen molar-refractivity contribution in [1.82, 2.24) is 24.6 Å². The van der Waals surface area contributed by atoms with Crippen molar-refractivity contribution in [2.24, 2.45) is 0 Å². The molecule has 5 aromatic rings. The van der Waals surface area contributed by atoms with Crippen molar-refractivity contribution in [3.05, 3.63) is 78.2 Å². The van der Waals surface area contributed by atoms with Crippen molar-refractivity contribution in [3.8, 4) is 17.0 Å². The predicted molar refractivity (Wildman–Crippen MR) is 160 cm³/mol. The third-order valence-corrected chi connectivity index (χ3v) is 7.70. The molecule has 0 spiro atoms. The van der Waals surface area contributed by atoms with Crippen molar-refractivity contribution >= 4 is 33.4 Å². The van der Waals surface area contributed by atoms with Crippen LogP contribution in [0.1, 0.15) is 36.2 Å². The number of hydrogen-bond donors (Lipinski definition) is 2. The quantitative estimate of drug-likeness (QED) is 0.292. The zero-order valence-electron chi connectivity index (χ0n) is 23.8. The molecule has 1 atom stereocenters. The van der Waals surface area contributed by atoms with Gasteiger partial charge in [0.25, 0.3) is 5.91 Å². The standard InChI is InChI=1S/C32H34N6O3/c1-20-25(9-10-28-27(20)17-35-38(28)19-32(2,3)40)30-26-15-29(34-16-22(26)11-13-33-30)36-23-12-14-37(18-23)31(39)21-5-7-24(41-4)8-6-21/h5-11,13,15-17,23,40H,12,14,18-19H2,1-4H3,(H,34,36)/t23-/m1/s1. The zero-order valence-corrected chi connectivity index (χ0v) is 23.8. The van der Waals surface area contributed by atoms with Gasteiger partial charge in [-0.05, 0) is 75.2 Å². The summed E-state index contributed by atoms with van der Waals surface area (Å²) in [5.74, 6) is 1.51.